The molecule has 0 aliphatic rings. The lowest BCUT2D eigenvalue weighted by molar-refractivity contribution is 0.0938. The predicted molar refractivity (Wildman–Crippen MR) is 94.2 cm³/mol. The topological polar surface area (TPSA) is 54.7 Å². The molecule has 0 bridgehead atoms. The van der Waals surface area contributed by atoms with E-state index >= 15 is 0 Å². The van der Waals surface area contributed by atoms with E-state index in [0.717, 1.165) is 5.76 Å². The van der Waals surface area contributed by atoms with Gasteiger partial charge in [0, 0.05) is 12.1 Å². The maximum atomic E-state index is 12.4. The maximum Gasteiger partial charge on any atom is 0.251 e. The quantitative estimate of drug-likeness (QED) is 0.806. The number of amides is 1. The Labute approximate surface area is 143 Å². The van der Waals surface area contributed by atoms with E-state index in [1.165, 1.54) is 0 Å². The minimum absolute atomic E-state index is 0.00989. The molecule has 0 aliphatic carbocycles. The molecular weight excluding hydrogens is 304 g/mol. The molecule has 1 aromatic heterocycles. The predicted octanol–water partition coefficient (Wildman–Crippen LogP) is 3.35. The van der Waals surface area contributed by atoms with Crippen LogP contribution in [0.15, 0.2) is 47.1 Å². The van der Waals surface area contributed by atoms with E-state index in [4.69, 9.17) is 9.15 Å². The highest BCUT2D eigenvalue weighted by Crippen LogP contribution is 2.18. The summed E-state index contributed by atoms with van der Waals surface area (Å²) in [5.74, 6) is 1.86. The van der Waals surface area contributed by atoms with Crippen molar-refractivity contribution in [1.82, 2.24) is 10.2 Å². The Morgan fingerprint density at radius 1 is 1.25 bits per heavy atom. The Morgan fingerprint density at radius 3 is 2.67 bits per heavy atom. The minimum Gasteiger partial charge on any atom is -0.493 e. The summed E-state index contributed by atoms with van der Waals surface area (Å²) in [5, 5.41) is 2.96. The van der Waals surface area contributed by atoms with Crippen LogP contribution in [0.4, 0.5) is 0 Å². The molecular formula is C19H26N2O3. The molecule has 1 N–H and O–H groups in total. The third-order valence-electron chi connectivity index (χ3n) is 3.63. The van der Waals surface area contributed by atoms with Gasteiger partial charge in [0.2, 0.25) is 0 Å². The van der Waals surface area contributed by atoms with Gasteiger partial charge in [-0.1, -0.05) is 19.9 Å². The van der Waals surface area contributed by atoms with Gasteiger partial charge in [-0.15, -0.1) is 0 Å². The van der Waals surface area contributed by atoms with Gasteiger partial charge in [0.1, 0.15) is 11.5 Å². The molecule has 1 aromatic carbocycles. The lowest BCUT2D eigenvalue weighted by Crippen LogP contribution is -2.34. The summed E-state index contributed by atoms with van der Waals surface area (Å²) in [6, 6.07) is 11.0. The van der Waals surface area contributed by atoms with Crippen LogP contribution in [0.2, 0.25) is 0 Å². The van der Waals surface area contributed by atoms with Gasteiger partial charge in [0.15, 0.2) is 0 Å². The summed E-state index contributed by atoms with van der Waals surface area (Å²) < 4.78 is 11.1. The number of ether oxygens (including phenoxy) is 1. The summed E-state index contributed by atoms with van der Waals surface area (Å²) in [4.78, 5) is 14.4. The molecule has 5 heteroatoms. The van der Waals surface area contributed by atoms with Crippen molar-refractivity contribution in [2.24, 2.45) is 5.92 Å². The van der Waals surface area contributed by atoms with Gasteiger partial charge in [0.05, 0.1) is 18.9 Å². The van der Waals surface area contributed by atoms with Crippen LogP contribution in [0.25, 0.3) is 0 Å². The molecule has 1 heterocycles. The largest absolute Gasteiger partial charge is 0.493 e. The SMILES string of the molecule is CC(C)COc1cccc(C(=O)NCC(c2ccco2)N(C)C)c1. The van der Waals surface area contributed by atoms with E-state index in [1.54, 1.807) is 18.4 Å². The van der Waals surface area contributed by atoms with Gasteiger partial charge >= 0.3 is 0 Å². The summed E-state index contributed by atoms with van der Waals surface area (Å²) in [6.07, 6.45) is 1.64. The van der Waals surface area contributed by atoms with E-state index < -0.39 is 0 Å². The molecule has 0 saturated carbocycles. The first-order chi connectivity index (χ1) is 11.5. The lowest BCUT2D eigenvalue weighted by Gasteiger charge is -2.22. The van der Waals surface area contributed by atoms with Crippen LogP contribution in [0.1, 0.15) is 36.0 Å². The molecule has 0 fully saturated rings. The van der Waals surface area contributed by atoms with Crippen molar-refractivity contribution in [2.45, 2.75) is 19.9 Å². The number of likely N-dealkylation sites (N-methyl/N-ethyl adjacent to an activating group) is 1. The molecule has 5 nitrogen and oxygen atoms in total. The average molecular weight is 330 g/mol. The molecule has 0 saturated heterocycles. The van der Waals surface area contributed by atoms with Gasteiger partial charge in [-0.3, -0.25) is 9.69 Å². The van der Waals surface area contributed by atoms with E-state index in [-0.39, 0.29) is 11.9 Å². The van der Waals surface area contributed by atoms with Crippen LogP contribution in [0, 0.1) is 5.92 Å². The first kappa shape index (κ1) is 18.1. The molecule has 1 atom stereocenters. The molecule has 2 rings (SSSR count). The van der Waals surface area contributed by atoms with Gasteiger partial charge < -0.3 is 14.5 Å². The van der Waals surface area contributed by atoms with E-state index in [1.807, 2.05) is 43.3 Å². The zero-order valence-corrected chi connectivity index (χ0v) is 14.8. The number of hydrogen-bond donors (Lipinski definition) is 1. The third kappa shape index (κ3) is 5.13. The first-order valence-electron chi connectivity index (χ1n) is 8.18. The summed E-state index contributed by atoms with van der Waals surface area (Å²) in [5.41, 5.74) is 0.591. The Bertz CT molecular complexity index is 636. The molecule has 0 aliphatic heterocycles. The number of furan rings is 1. The Morgan fingerprint density at radius 2 is 2.04 bits per heavy atom. The van der Waals surface area contributed by atoms with E-state index in [0.29, 0.717) is 30.4 Å². The van der Waals surface area contributed by atoms with Crippen LogP contribution in [0.3, 0.4) is 0 Å². The van der Waals surface area contributed by atoms with Crippen molar-refractivity contribution in [3.8, 4) is 5.75 Å². The monoisotopic (exact) mass is 330 g/mol. The Balaban J connectivity index is 1.97. The summed E-state index contributed by atoms with van der Waals surface area (Å²) in [6.45, 7) is 5.28. The smallest absolute Gasteiger partial charge is 0.251 e. The van der Waals surface area contributed by atoms with Crippen LogP contribution in [0.5, 0.6) is 5.75 Å². The van der Waals surface area contributed by atoms with Crippen LogP contribution < -0.4 is 10.1 Å². The summed E-state index contributed by atoms with van der Waals surface area (Å²) in [7, 11) is 3.92. The van der Waals surface area contributed by atoms with Gasteiger partial charge in [-0.25, -0.2) is 0 Å². The third-order valence-corrected chi connectivity index (χ3v) is 3.63. The van der Waals surface area contributed by atoms with Crippen molar-refractivity contribution < 1.29 is 13.9 Å². The minimum atomic E-state index is -0.122. The first-order valence-corrected chi connectivity index (χ1v) is 8.18. The number of carbonyl (C=O) groups excluding carboxylic acids is 1. The molecule has 0 spiro atoms. The molecule has 130 valence electrons. The molecule has 0 radical (unpaired) electrons. The van der Waals surface area contributed by atoms with E-state index in [2.05, 4.69) is 19.2 Å². The normalized spacial score (nSPS) is 12.4. The van der Waals surface area contributed by atoms with Gasteiger partial charge in [0.25, 0.3) is 5.91 Å². The fraction of sp³-hybridized carbons (Fsp3) is 0.421. The molecule has 1 amide bonds. The Kier molecular flexibility index (Phi) is 6.44. The number of nitrogens with one attached hydrogen (secondary N) is 1. The van der Waals surface area contributed by atoms with Gasteiger partial charge in [-0.05, 0) is 50.3 Å². The van der Waals surface area contributed by atoms with Crippen molar-refractivity contribution >= 4 is 5.91 Å². The number of benzene rings is 1. The maximum absolute atomic E-state index is 12.4. The highest BCUT2D eigenvalue weighted by atomic mass is 16.5. The zero-order chi connectivity index (χ0) is 17.5. The zero-order valence-electron chi connectivity index (χ0n) is 14.8. The van der Waals surface area contributed by atoms with Crippen LogP contribution >= 0.6 is 0 Å². The van der Waals surface area contributed by atoms with Crippen molar-refractivity contribution in [3.05, 3.63) is 54.0 Å². The lowest BCUT2D eigenvalue weighted by atomic mass is 10.1. The van der Waals surface area contributed by atoms with Gasteiger partial charge in [-0.2, -0.15) is 0 Å². The number of nitrogens with zero attached hydrogens (tertiary/aromatic N) is 1. The molecule has 1 unspecified atom stereocenters. The Hall–Kier alpha value is -2.27. The average Bonchev–Trinajstić information content (AvgIpc) is 3.07. The number of hydrogen-bond acceptors (Lipinski definition) is 4. The highest BCUT2D eigenvalue weighted by Gasteiger charge is 2.18. The number of rotatable bonds is 8. The fourth-order valence-electron chi connectivity index (χ4n) is 2.30. The molecule has 2 aromatic rings. The number of carbonyl (C=O) groups is 1. The standard InChI is InChI=1S/C19H26N2O3/c1-14(2)13-24-16-8-5-7-15(11-16)19(22)20-12-17(21(3)4)18-9-6-10-23-18/h5-11,14,17H,12-13H2,1-4H3,(H,20,22). The van der Waals surface area contributed by atoms with Crippen LogP contribution in [-0.4, -0.2) is 38.1 Å². The van der Waals surface area contributed by atoms with Crippen molar-refractivity contribution in [3.63, 3.8) is 0 Å². The second-order valence-corrected chi connectivity index (χ2v) is 6.44. The fourth-order valence-corrected chi connectivity index (χ4v) is 2.30. The molecule has 24 heavy (non-hydrogen) atoms. The second-order valence-electron chi connectivity index (χ2n) is 6.44. The van der Waals surface area contributed by atoms with Crippen LogP contribution in [-0.2, 0) is 0 Å². The van der Waals surface area contributed by atoms with E-state index in [9.17, 15) is 4.79 Å². The van der Waals surface area contributed by atoms with Crippen molar-refractivity contribution in [2.75, 3.05) is 27.2 Å². The summed E-state index contributed by atoms with van der Waals surface area (Å²) >= 11 is 0. The van der Waals surface area contributed by atoms with Crippen molar-refractivity contribution in [1.29, 1.82) is 0 Å². The second kappa shape index (κ2) is 8.55. The highest BCUT2D eigenvalue weighted by molar-refractivity contribution is 5.94.